The highest BCUT2D eigenvalue weighted by molar-refractivity contribution is 7.99. The summed E-state index contributed by atoms with van der Waals surface area (Å²) < 4.78 is 35.4. The monoisotopic (exact) mass is 555 g/mol. The topological polar surface area (TPSA) is 83.9 Å². The van der Waals surface area contributed by atoms with Gasteiger partial charge in [0.15, 0.2) is 6.61 Å². The van der Waals surface area contributed by atoms with Crippen LogP contribution in [0.3, 0.4) is 0 Å². The zero-order valence-electron chi connectivity index (χ0n) is 20.0. The number of hydrogen-bond acceptors (Lipinski definition) is 6. The van der Waals surface area contributed by atoms with Crippen LogP contribution in [0, 0.1) is 6.92 Å². The Morgan fingerprint density at radius 2 is 1.91 bits per heavy atom. The van der Waals surface area contributed by atoms with Gasteiger partial charge in [0.25, 0.3) is 10.0 Å². The molecule has 0 atom stereocenters. The lowest BCUT2D eigenvalue weighted by molar-refractivity contribution is -0.139. The largest absolute Gasteiger partial charge is 0.482 e. The number of carboxylic acids is 1. The van der Waals surface area contributed by atoms with E-state index in [0.717, 1.165) is 45.4 Å². The predicted molar refractivity (Wildman–Crippen MR) is 145 cm³/mol. The van der Waals surface area contributed by atoms with Gasteiger partial charge in [-0.3, -0.25) is 0 Å². The van der Waals surface area contributed by atoms with E-state index in [2.05, 4.69) is 6.92 Å². The molecular formula is C25H30ClNO5S3. The molecule has 0 amide bonds. The number of thiophene rings is 1. The minimum Gasteiger partial charge on any atom is -0.482 e. The molecule has 0 saturated heterocycles. The Bertz CT molecular complexity index is 1290. The van der Waals surface area contributed by atoms with Crippen LogP contribution in [0.5, 0.6) is 5.75 Å². The average Bonchev–Trinajstić information content (AvgIpc) is 3.14. The number of carbonyl (C=O) groups is 1. The fourth-order valence-electron chi connectivity index (χ4n) is 3.79. The van der Waals surface area contributed by atoms with Crippen molar-refractivity contribution in [3.63, 3.8) is 0 Å². The molecule has 0 bridgehead atoms. The van der Waals surface area contributed by atoms with Crippen LogP contribution >= 0.6 is 34.7 Å². The number of benzene rings is 2. The number of carboxylic acid groups (broad SMARTS) is 1. The van der Waals surface area contributed by atoms with Crippen molar-refractivity contribution in [2.24, 2.45) is 0 Å². The normalized spacial score (nSPS) is 11.9. The second kappa shape index (κ2) is 12.5. The van der Waals surface area contributed by atoms with E-state index < -0.39 is 16.0 Å². The third-order valence-corrected chi connectivity index (χ3v) is 10.4. The molecule has 0 spiro atoms. The number of thioether (sulfide) groups is 1. The predicted octanol–water partition coefficient (Wildman–Crippen LogP) is 6.47. The van der Waals surface area contributed by atoms with Crippen molar-refractivity contribution < 1.29 is 23.1 Å². The van der Waals surface area contributed by atoms with Gasteiger partial charge in [-0.05, 0) is 72.7 Å². The fourth-order valence-corrected chi connectivity index (χ4v) is 8.43. The lowest BCUT2D eigenvalue weighted by Crippen LogP contribution is -2.33. The van der Waals surface area contributed by atoms with Crippen LogP contribution in [-0.4, -0.2) is 49.2 Å². The quantitative estimate of drug-likeness (QED) is 0.243. The van der Waals surface area contributed by atoms with E-state index in [-0.39, 0.29) is 6.61 Å². The van der Waals surface area contributed by atoms with Crippen LogP contribution in [0.2, 0.25) is 5.02 Å². The van der Waals surface area contributed by atoms with E-state index in [9.17, 15) is 13.2 Å². The third kappa shape index (κ3) is 6.92. The summed E-state index contributed by atoms with van der Waals surface area (Å²) in [6.07, 6.45) is 2.39. The Hall–Kier alpha value is -1.78. The van der Waals surface area contributed by atoms with E-state index in [1.807, 2.05) is 38.1 Å². The molecule has 1 heterocycles. The molecule has 35 heavy (non-hydrogen) atoms. The molecule has 3 aromatic rings. The third-order valence-electron chi connectivity index (χ3n) is 5.41. The molecule has 3 rings (SSSR count). The van der Waals surface area contributed by atoms with Crippen LogP contribution in [0.4, 0.5) is 0 Å². The average molecular weight is 556 g/mol. The second-order valence-electron chi connectivity index (χ2n) is 8.11. The van der Waals surface area contributed by atoms with Crippen molar-refractivity contribution in [1.29, 1.82) is 0 Å². The molecule has 0 unspecified atom stereocenters. The standard InChI is InChI=1S/C25H30ClNO5S3/c1-4-6-18-14-20(8-9-22(18)32-16-24(28)29)33-13-12-27(11-5-2)35(30,31)25-17(3)21-15-19(26)7-10-23(21)34-25/h7-10,14-15H,4-6,11-13,16H2,1-3H3,(H,28,29). The summed E-state index contributed by atoms with van der Waals surface area (Å²) in [6, 6.07) is 11.2. The van der Waals surface area contributed by atoms with Gasteiger partial charge in [0, 0.05) is 33.5 Å². The highest BCUT2D eigenvalue weighted by Gasteiger charge is 2.28. The number of fused-ring (bicyclic) bond motifs is 1. The van der Waals surface area contributed by atoms with E-state index in [4.69, 9.17) is 21.4 Å². The van der Waals surface area contributed by atoms with Crippen molar-refractivity contribution in [2.45, 2.75) is 49.1 Å². The smallest absolute Gasteiger partial charge is 0.341 e. The Labute approximate surface area is 220 Å². The van der Waals surface area contributed by atoms with E-state index in [1.165, 1.54) is 11.3 Å². The van der Waals surface area contributed by atoms with Gasteiger partial charge in [0.2, 0.25) is 0 Å². The molecule has 1 aromatic heterocycles. The molecule has 0 aliphatic heterocycles. The maximum atomic E-state index is 13.6. The van der Waals surface area contributed by atoms with Gasteiger partial charge >= 0.3 is 5.97 Å². The molecule has 1 N–H and O–H groups in total. The molecule has 0 radical (unpaired) electrons. The van der Waals surface area contributed by atoms with E-state index in [0.29, 0.717) is 33.8 Å². The summed E-state index contributed by atoms with van der Waals surface area (Å²) in [4.78, 5) is 11.8. The molecular weight excluding hydrogens is 526 g/mol. The number of aliphatic carboxylic acids is 1. The van der Waals surface area contributed by atoms with Crippen molar-refractivity contribution in [1.82, 2.24) is 4.31 Å². The molecule has 6 nitrogen and oxygen atoms in total. The van der Waals surface area contributed by atoms with Crippen molar-refractivity contribution in [3.05, 3.63) is 52.5 Å². The minimum atomic E-state index is -3.64. The molecule has 2 aromatic carbocycles. The highest BCUT2D eigenvalue weighted by Crippen LogP contribution is 2.37. The Morgan fingerprint density at radius 3 is 2.60 bits per heavy atom. The zero-order valence-corrected chi connectivity index (χ0v) is 23.2. The maximum Gasteiger partial charge on any atom is 0.341 e. The number of ether oxygens (including phenoxy) is 1. The number of halogens is 1. The first-order chi connectivity index (χ1) is 16.7. The Morgan fingerprint density at radius 1 is 1.14 bits per heavy atom. The van der Waals surface area contributed by atoms with Gasteiger partial charge in [-0.25, -0.2) is 13.2 Å². The van der Waals surface area contributed by atoms with Crippen molar-refractivity contribution in [2.75, 3.05) is 25.4 Å². The summed E-state index contributed by atoms with van der Waals surface area (Å²) in [6.45, 7) is 6.31. The van der Waals surface area contributed by atoms with Crippen molar-refractivity contribution in [3.8, 4) is 5.75 Å². The SMILES string of the molecule is CCCc1cc(SCCN(CCC)S(=O)(=O)c2sc3ccc(Cl)cc3c2C)ccc1OCC(=O)O. The van der Waals surface area contributed by atoms with Gasteiger partial charge in [-0.1, -0.05) is 31.9 Å². The lowest BCUT2D eigenvalue weighted by Gasteiger charge is -2.21. The van der Waals surface area contributed by atoms with Crippen molar-refractivity contribution >= 4 is 60.8 Å². The number of sulfonamides is 1. The van der Waals surface area contributed by atoms with Crippen LogP contribution in [-0.2, 0) is 21.2 Å². The second-order valence-corrected chi connectivity index (χ2v) is 12.9. The first-order valence-electron chi connectivity index (χ1n) is 11.5. The minimum absolute atomic E-state index is 0.374. The van der Waals surface area contributed by atoms with Crippen LogP contribution in [0.25, 0.3) is 10.1 Å². The van der Waals surface area contributed by atoms with Crippen LogP contribution in [0.1, 0.15) is 37.8 Å². The summed E-state index contributed by atoms with van der Waals surface area (Å²) in [5, 5.41) is 10.4. The van der Waals surface area contributed by atoms with Gasteiger partial charge in [0.1, 0.15) is 9.96 Å². The zero-order chi connectivity index (χ0) is 25.6. The molecule has 0 fully saturated rings. The van der Waals surface area contributed by atoms with Gasteiger partial charge in [0.05, 0.1) is 0 Å². The summed E-state index contributed by atoms with van der Waals surface area (Å²) in [5.41, 5.74) is 1.69. The highest BCUT2D eigenvalue weighted by atomic mass is 35.5. The Kier molecular flexibility index (Phi) is 9.89. The van der Waals surface area contributed by atoms with Crippen LogP contribution in [0.15, 0.2) is 45.5 Å². The van der Waals surface area contributed by atoms with Crippen LogP contribution < -0.4 is 4.74 Å². The first kappa shape index (κ1) is 27.8. The molecule has 0 aliphatic rings. The molecule has 10 heteroatoms. The lowest BCUT2D eigenvalue weighted by atomic mass is 10.1. The summed E-state index contributed by atoms with van der Waals surface area (Å²) in [5.74, 6) is 0.157. The maximum absolute atomic E-state index is 13.6. The molecule has 190 valence electrons. The van der Waals surface area contributed by atoms with Gasteiger partial charge < -0.3 is 9.84 Å². The van der Waals surface area contributed by atoms with E-state index >= 15 is 0 Å². The summed E-state index contributed by atoms with van der Waals surface area (Å²) in [7, 11) is -3.64. The Balaban J connectivity index is 1.75. The molecule has 0 saturated carbocycles. The first-order valence-corrected chi connectivity index (χ1v) is 15.1. The summed E-state index contributed by atoms with van der Waals surface area (Å²) >= 11 is 9.00. The van der Waals surface area contributed by atoms with Gasteiger partial charge in [-0.15, -0.1) is 23.1 Å². The number of hydrogen-bond donors (Lipinski definition) is 1. The number of nitrogens with zero attached hydrogens (tertiary/aromatic N) is 1. The van der Waals surface area contributed by atoms with E-state index in [1.54, 1.807) is 28.2 Å². The number of rotatable bonds is 13. The fraction of sp³-hybridized carbons (Fsp3) is 0.400. The molecule has 0 aliphatic carbocycles. The number of aryl methyl sites for hydroxylation is 2. The van der Waals surface area contributed by atoms with Gasteiger partial charge in [-0.2, -0.15) is 4.31 Å².